The summed E-state index contributed by atoms with van der Waals surface area (Å²) in [5.41, 5.74) is 2.60. The van der Waals surface area contributed by atoms with E-state index in [0.717, 1.165) is 38.3 Å². The van der Waals surface area contributed by atoms with E-state index in [9.17, 15) is 0 Å². The molecule has 1 aliphatic heterocycles. The number of nitrogens with one attached hydrogen (secondary N) is 1. The average molecular weight is 233 g/mol. The zero-order valence-electron chi connectivity index (χ0n) is 10.3. The Bertz CT molecular complexity index is 413. The largest absolute Gasteiger partial charge is 0.379 e. The maximum Gasteiger partial charge on any atom is 0.133 e. The molecular formula is C13H19N3O. The van der Waals surface area contributed by atoms with Crippen molar-refractivity contribution < 1.29 is 4.74 Å². The second kappa shape index (κ2) is 4.26. The van der Waals surface area contributed by atoms with Crippen LogP contribution in [0.3, 0.4) is 0 Å². The van der Waals surface area contributed by atoms with Crippen LogP contribution in [-0.4, -0.2) is 28.7 Å². The van der Waals surface area contributed by atoms with Crippen molar-refractivity contribution in [1.82, 2.24) is 9.97 Å². The number of hydrogen-bond acceptors (Lipinski definition) is 4. The van der Waals surface area contributed by atoms with Gasteiger partial charge in [-0.05, 0) is 39.0 Å². The maximum absolute atomic E-state index is 5.47. The Morgan fingerprint density at radius 2 is 2.18 bits per heavy atom. The molecule has 2 heterocycles. The second-order valence-electron chi connectivity index (χ2n) is 5.34. The molecule has 1 aliphatic carbocycles. The van der Waals surface area contributed by atoms with Gasteiger partial charge in [0.15, 0.2) is 0 Å². The standard InChI is InChI=1S/C13H19N3O/c1-13(6-7-17-8-13)16-12-10-4-2-3-5-11(10)14-9-15-12/h9H,2-8H2,1H3,(H,14,15,16). The first-order valence-corrected chi connectivity index (χ1v) is 6.46. The van der Waals surface area contributed by atoms with Crippen LogP contribution in [0.2, 0.25) is 0 Å². The summed E-state index contributed by atoms with van der Waals surface area (Å²) >= 11 is 0. The molecule has 3 rings (SSSR count). The first-order valence-electron chi connectivity index (χ1n) is 6.46. The minimum Gasteiger partial charge on any atom is -0.379 e. The number of aromatic nitrogens is 2. The topological polar surface area (TPSA) is 47.0 Å². The zero-order chi connectivity index (χ0) is 11.7. The first-order chi connectivity index (χ1) is 8.27. The Morgan fingerprint density at radius 3 is 3.00 bits per heavy atom. The molecule has 0 amide bonds. The van der Waals surface area contributed by atoms with Crippen LogP contribution in [0.5, 0.6) is 0 Å². The van der Waals surface area contributed by atoms with Gasteiger partial charge in [0.1, 0.15) is 12.1 Å². The van der Waals surface area contributed by atoms with Crippen LogP contribution in [0.1, 0.15) is 37.4 Å². The van der Waals surface area contributed by atoms with Crippen LogP contribution in [0.4, 0.5) is 5.82 Å². The van der Waals surface area contributed by atoms with Crippen LogP contribution in [0, 0.1) is 0 Å². The van der Waals surface area contributed by atoms with Crippen molar-refractivity contribution in [3.05, 3.63) is 17.6 Å². The van der Waals surface area contributed by atoms with Gasteiger partial charge in [0.2, 0.25) is 0 Å². The highest BCUT2D eigenvalue weighted by atomic mass is 16.5. The van der Waals surface area contributed by atoms with Crippen molar-refractivity contribution in [3.8, 4) is 0 Å². The summed E-state index contributed by atoms with van der Waals surface area (Å²) in [6.07, 6.45) is 7.44. The molecule has 0 saturated carbocycles. The molecule has 1 saturated heterocycles. The highest BCUT2D eigenvalue weighted by molar-refractivity contribution is 5.49. The van der Waals surface area contributed by atoms with Crippen LogP contribution < -0.4 is 5.32 Å². The Balaban J connectivity index is 1.87. The predicted molar refractivity (Wildman–Crippen MR) is 66.1 cm³/mol. The predicted octanol–water partition coefficient (Wildman–Crippen LogP) is 1.95. The Kier molecular flexibility index (Phi) is 2.74. The Hall–Kier alpha value is -1.16. The zero-order valence-corrected chi connectivity index (χ0v) is 10.3. The van der Waals surface area contributed by atoms with E-state index in [-0.39, 0.29) is 5.54 Å². The maximum atomic E-state index is 5.47. The third-order valence-corrected chi connectivity index (χ3v) is 3.76. The minimum atomic E-state index is 0.0412. The molecule has 1 fully saturated rings. The summed E-state index contributed by atoms with van der Waals surface area (Å²) in [5.74, 6) is 1.03. The van der Waals surface area contributed by atoms with Gasteiger partial charge >= 0.3 is 0 Å². The summed E-state index contributed by atoms with van der Waals surface area (Å²) < 4.78 is 5.47. The molecule has 1 atom stereocenters. The third-order valence-electron chi connectivity index (χ3n) is 3.76. The van der Waals surface area contributed by atoms with E-state index in [2.05, 4.69) is 22.2 Å². The van der Waals surface area contributed by atoms with Crippen LogP contribution in [0.15, 0.2) is 6.33 Å². The number of aryl methyl sites for hydroxylation is 1. The second-order valence-corrected chi connectivity index (χ2v) is 5.34. The highest BCUT2D eigenvalue weighted by Gasteiger charge is 2.31. The van der Waals surface area contributed by atoms with Crippen LogP contribution >= 0.6 is 0 Å². The molecule has 0 radical (unpaired) electrons. The van der Waals surface area contributed by atoms with Crippen molar-refractivity contribution in [1.29, 1.82) is 0 Å². The number of nitrogens with zero attached hydrogens (tertiary/aromatic N) is 2. The van der Waals surface area contributed by atoms with Crippen molar-refractivity contribution in [2.75, 3.05) is 18.5 Å². The molecule has 4 nitrogen and oxygen atoms in total. The molecule has 2 aliphatic rings. The molecule has 92 valence electrons. The van der Waals surface area contributed by atoms with Gasteiger partial charge in [-0.3, -0.25) is 0 Å². The third kappa shape index (κ3) is 2.14. The number of hydrogen-bond donors (Lipinski definition) is 1. The van der Waals surface area contributed by atoms with Gasteiger partial charge < -0.3 is 10.1 Å². The fourth-order valence-electron chi connectivity index (χ4n) is 2.68. The lowest BCUT2D eigenvalue weighted by Crippen LogP contribution is -2.36. The average Bonchev–Trinajstić information content (AvgIpc) is 2.76. The lowest BCUT2D eigenvalue weighted by Gasteiger charge is -2.27. The molecule has 4 heteroatoms. The molecule has 0 aromatic carbocycles. The lowest BCUT2D eigenvalue weighted by atomic mass is 9.95. The highest BCUT2D eigenvalue weighted by Crippen LogP contribution is 2.29. The molecule has 1 aromatic heterocycles. The molecule has 1 N–H and O–H groups in total. The summed E-state index contributed by atoms with van der Waals surface area (Å²) in [6.45, 7) is 3.82. The smallest absolute Gasteiger partial charge is 0.133 e. The van der Waals surface area contributed by atoms with Crippen molar-refractivity contribution >= 4 is 5.82 Å². The molecular weight excluding hydrogens is 214 g/mol. The monoisotopic (exact) mass is 233 g/mol. The summed E-state index contributed by atoms with van der Waals surface area (Å²) in [5, 5.41) is 3.57. The van der Waals surface area contributed by atoms with Gasteiger partial charge in [0, 0.05) is 17.9 Å². The minimum absolute atomic E-state index is 0.0412. The molecule has 1 aromatic rings. The van der Waals surface area contributed by atoms with E-state index >= 15 is 0 Å². The van der Waals surface area contributed by atoms with E-state index in [1.54, 1.807) is 6.33 Å². The van der Waals surface area contributed by atoms with Gasteiger partial charge in [0.05, 0.1) is 12.1 Å². The van der Waals surface area contributed by atoms with Gasteiger partial charge in [0.25, 0.3) is 0 Å². The van der Waals surface area contributed by atoms with E-state index in [0.29, 0.717) is 0 Å². The summed E-state index contributed by atoms with van der Waals surface area (Å²) in [4.78, 5) is 8.82. The fourth-order valence-corrected chi connectivity index (χ4v) is 2.68. The first kappa shape index (κ1) is 11.0. The SMILES string of the molecule is CC1(Nc2ncnc3c2CCCC3)CCOC1. The van der Waals surface area contributed by atoms with E-state index in [4.69, 9.17) is 4.74 Å². The molecule has 0 bridgehead atoms. The van der Waals surface area contributed by atoms with Gasteiger partial charge in [-0.25, -0.2) is 9.97 Å². The van der Waals surface area contributed by atoms with E-state index < -0.39 is 0 Å². The van der Waals surface area contributed by atoms with Crippen LogP contribution in [0.25, 0.3) is 0 Å². The summed E-state index contributed by atoms with van der Waals surface area (Å²) in [6, 6.07) is 0. The van der Waals surface area contributed by atoms with Gasteiger partial charge in [-0.2, -0.15) is 0 Å². The number of anilines is 1. The molecule has 1 unspecified atom stereocenters. The quantitative estimate of drug-likeness (QED) is 0.848. The summed E-state index contributed by atoms with van der Waals surface area (Å²) in [7, 11) is 0. The number of fused-ring (bicyclic) bond motifs is 1. The van der Waals surface area contributed by atoms with Crippen LogP contribution in [-0.2, 0) is 17.6 Å². The normalized spacial score (nSPS) is 27.8. The van der Waals surface area contributed by atoms with E-state index in [1.165, 1.54) is 24.1 Å². The molecule has 0 spiro atoms. The molecule has 17 heavy (non-hydrogen) atoms. The number of rotatable bonds is 2. The fraction of sp³-hybridized carbons (Fsp3) is 0.692. The Morgan fingerprint density at radius 1 is 1.29 bits per heavy atom. The van der Waals surface area contributed by atoms with Crippen molar-refractivity contribution in [2.45, 2.75) is 44.6 Å². The van der Waals surface area contributed by atoms with Gasteiger partial charge in [-0.1, -0.05) is 0 Å². The van der Waals surface area contributed by atoms with Gasteiger partial charge in [-0.15, -0.1) is 0 Å². The van der Waals surface area contributed by atoms with Crippen molar-refractivity contribution in [3.63, 3.8) is 0 Å². The number of ether oxygens (including phenoxy) is 1. The Labute approximate surface area is 102 Å². The van der Waals surface area contributed by atoms with E-state index in [1.807, 2.05) is 0 Å². The lowest BCUT2D eigenvalue weighted by molar-refractivity contribution is 0.185. The van der Waals surface area contributed by atoms with Crippen molar-refractivity contribution in [2.24, 2.45) is 0 Å².